The van der Waals surface area contributed by atoms with Gasteiger partial charge in [0.05, 0.1) is 36.6 Å². The molecule has 0 bridgehead atoms. The van der Waals surface area contributed by atoms with E-state index < -0.39 is 24.2 Å². The quantitative estimate of drug-likeness (QED) is 0.189. The molecule has 0 aromatic heterocycles. The monoisotopic (exact) mass is 693 g/mol. The molecule has 5 unspecified atom stereocenters. The molecule has 11 heteroatoms. The highest BCUT2D eigenvalue weighted by atomic mass is 16.5. The highest BCUT2D eigenvalue weighted by Gasteiger charge is 2.42. The highest BCUT2D eigenvalue weighted by Crippen LogP contribution is 2.29. The molecule has 2 aromatic rings. The lowest BCUT2D eigenvalue weighted by Gasteiger charge is -2.39. The lowest BCUT2D eigenvalue weighted by atomic mass is 9.90. The Morgan fingerprint density at radius 2 is 1.60 bits per heavy atom. The van der Waals surface area contributed by atoms with Crippen molar-refractivity contribution >= 4 is 35.0 Å². The summed E-state index contributed by atoms with van der Waals surface area (Å²) in [4.78, 5) is 58.1. The van der Waals surface area contributed by atoms with Crippen molar-refractivity contribution in [1.82, 2.24) is 15.1 Å². The van der Waals surface area contributed by atoms with Crippen LogP contribution in [0.4, 0.5) is 11.4 Å². The molecule has 1 fully saturated rings. The molecule has 1 aliphatic rings. The Morgan fingerprint density at radius 3 is 2.18 bits per heavy atom. The van der Waals surface area contributed by atoms with E-state index in [1.165, 1.54) is 0 Å². The summed E-state index contributed by atoms with van der Waals surface area (Å²) in [5.74, 6) is -1.12. The Labute approximate surface area is 298 Å². The summed E-state index contributed by atoms with van der Waals surface area (Å²) in [6, 6.07) is 14.9. The van der Waals surface area contributed by atoms with E-state index in [-0.39, 0.29) is 60.4 Å². The summed E-state index contributed by atoms with van der Waals surface area (Å²) in [6.45, 7) is 10.5. The SMILES string of the molecule is CC[C@H](C)C(C(CC(=O)N1CCCC1C(OC)C(C)C(=O)N[C@@H](Cc1ccccc1)C(=O)Nc1ccc(N)cc1)OC)N(C)C(=O)CC(C)C. The van der Waals surface area contributed by atoms with Gasteiger partial charge in [-0.05, 0) is 54.5 Å². The van der Waals surface area contributed by atoms with Gasteiger partial charge in [-0.15, -0.1) is 0 Å². The zero-order valence-corrected chi connectivity index (χ0v) is 31.2. The molecule has 50 heavy (non-hydrogen) atoms. The predicted octanol–water partition coefficient (Wildman–Crippen LogP) is 4.90. The Morgan fingerprint density at radius 1 is 0.940 bits per heavy atom. The fourth-order valence-corrected chi connectivity index (χ4v) is 6.98. The van der Waals surface area contributed by atoms with Crippen LogP contribution in [0.1, 0.15) is 72.3 Å². The van der Waals surface area contributed by atoms with Gasteiger partial charge in [0, 0.05) is 52.0 Å². The van der Waals surface area contributed by atoms with Crippen molar-refractivity contribution in [3.63, 3.8) is 0 Å². The van der Waals surface area contributed by atoms with Crippen molar-refractivity contribution in [1.29, 1.82) is 0 Å². The number of likely N-dealkylation sites (tertiary alicyclic amines) is 1. The molecule has 4 amide bonds. The van der Waals surface area contributed by atoms with Crippen molar-refractivity contribution in [3.05, 3.63) is 60.2 Å². The molecule has 7 atom stereocenters. The van der Waals surface area contributed by atoms with E-state index in [4.69, 9.17) is 15.2 Å². The second-order valence-electron chi connectivity index (χ2n) is 14.1. The van der Waals surface area contributed by atoms with Crippen molar-refractivity contribution in [2.24, 2.45) is 17.8 Å². The fraction of sp³-hybridized carbons (Fsp3) is 0.590. The molecule has 0 spiro atoms. The van der Waals surface area contributed by atoms with Crippen LogP contribution < -0.4 is 16.4 Å². The third kappa shape index (κ3) is 11.0. The number of likely N-dealkylation sites (N-methyl/N-ethyl adjacent to an activating group) is 1. The van der Waals surface area contributed by atoms with Gasteiger partial charge >= 0.3 is 0 Å². The van der Waals surface area contributed by atoms with E-state index in [2.05, 4.69) is 24.5 Å². The van der Waals surface area contributed by atoms with Gasteiger partial charge in [-0.25, -0.2) is 0 Å². The molecule has 1 aliphatic heterocycles. The average Bonchev–Trinajstić information content (AvgIpc) is 3.58. The fourth-order valence-electron chi connectivity index (χ4n) is 6.98. The number of hydrogen-bond acceptors (Lipinski definition) is 7. The van der Waals surface area contributed by atoms with Gasteiger partial charge in [-0.2, -0.15) is 0 Å². The van der Waals surface area contributed by atoms with Crippen LogP contribution in [0, 0.1) is 17.8 Å². The minimum Gasteiger partial charge on any atom is -0.399 e. The van der Waals surface area contributed by atoms with Crippen LogP contribution in [0.3, 0.4) is 0 Å². The number of rotatable bonds is 18. The van der Waals surface area contributed by atoms with Crippen molar-refractivity contribution in [3.8, 4) is 0 Å². The maximum atomic E-state index is 14.0. The number of nitrogen functional groups attached to an aromatic ring is 1. The number of hydrogen-bond donors (Lipinski definition) is 3. The van der Waals surface area contributed by atoms with Gasteiger partial charge in [0.15, 0.2) is 0 Å². The maximum Gasteiger partial charge on any atom is 0.247 e. The Bertz CT molecular complexity index is 1390. The number of ether oxygens (including phenoxy) is 2. The summed E-state index contributed by atoms with van der Waals surface area (Å²) >= 11 is 0. The van der Waals surface area contributed by atoms with Crippen LogP contribution in [-0.4, -0.2) is 91.6 Å². The lowest BCUT2D eigenvalue weighted by Crippen LogP contribution is -2.54. The number of benzene rings is 2. The van der Waals surface area contributed by atoms with Crippen LogP contribution in [0.15, 0.2) is 54.6 Å². The minimum absolute atomic E-state index is 0.0332. The van der Waals surface area contributed by atoms with Crippen LogP contribution in [0.2, 0.25) is 0 Å². The molecule has 0 radical (unpaired) electrons. The summed E-state index contributed by atoms with van der Waals surface area (Å²) in [5.41, 5.74) is 7.86. The van der Waals surface area contributed by atoms with Gasteiger partial charge in [0.25, 0.3) is 0 Å². The van der Waals surface area contributed by atoms with Gasteiger partial charge in [-0.1, -0.05) is 71.4 Å². The second-order valence-corrected chi connectivity index (χ2v) is 14.1. The molecule has 11 nitrogen and oxygen atoms in total. The number of anilines is 2. The third-order valence-corrected chi connectivity index (χ3v) is 9.98. The highest BCUT2D eigenvalue weighted by molar-refractivity contribution is 5.97. The largest absolute Gasteiger partial charge is 0.399 e. The Balaban J connectivity index is 1.77. The van der Waals surface area contributed by atoms with Crippen molar-refractivity contribution in [2.75, 3.05) is 38.9 Å². The molecule has 4 N–H and O–H groups in total. The molecule has 3 rings (SSSR count). The topological polar surface area (TPSA) is 143 Å². The smallest absolute Gasteiger partial charge is 0.247 e. The standard InChI is InChI=1S/C39H59N5O6/c1-9-26(4)36(43(6)34(45)22-25(2)3)33(49-7)24-35(46)44-21-13-16-32(44)37(50-8)27(5)38(47)42-31(23-28-14-11-10-12-15-28)39(48)41-30-19-17-29(40)18-20-30/h10-12,14-15,17-20,25-27,31-33,36-37H,9,13,16,21-24,40H2,1-8H3,(H,41,48)(H,42,47)/t26-,27?,31-,32?,33?,36?,37?/m0/s1. The normalized spacial score (nSPS) is 18.1. The van der Waals surface area contributed by atoms with Gasteiger partial charge in [0.2, 0.25) is 23.6 Å². The first-order chi connectivity index (χ1) is 23.8. The second kappa shape index (κ2) is 19.4. The maximum absolute atomic E-state index is 14.0. The van der Waals surface area contributed by atoms with Crippen LogP contribution in [0.25, 0.3) is 0 Å². The number of methoxy groups -OCH3 is 2. The number of amides is 4. The van der Waals surface area contributed by atoms with E-state index in [9.17, 15) is 19.2 Å². The number of nitrogens with one attached hydrogen (secondary N) is 2. The van der Waals surface area contributed by atoms with Gasteiger partial charge in [0.1, 0.15) is 6.04 Å². The first-order valence-corrected chi connectivity index (χ1v) is 17.9. The van der Waals surface area contributed by atoms with Gasteiger partial charge < -0.3 is 35.6 Å². The summed E-state index contributed by atoms with van der Waals surface area (Å²) < 4.78 is 11.9. The number of nitrogens with two attached hydrogens (primary N) is 1. The molecule has 0 saturated carbocycles. The van der Waals surface area contributed by atoms with Crippen molar-refractivity contribution in [2.45, 2.75) is 103 Å². The van der Waals surface area contributed by atoms with E-state index in [0.29, 0.717) is 30.8 Å². The first kappa shape index (κ1) is 40.5. The number of nitrogens with zero attached hydrogens (tertiary/aromatic N) is 2. The molecule has 276 valence electrons. The summed E-state index contributed by atoms with van der Waals surface area (Å²) in [7, 11) is 4.95. The van der Waals surface area contributed by atoms with Crippen LogP contribution >= 0.6 is 0 Å². The summed E-state index contributed by atoms with van der Waals surface area (Å²) in [6.07, 6.45) is 1.97. The molecule has 1 saturated heterocycles. The lowest BCUT2D eigenvalue weighted by molar-refractivity contribution is -0.146. The number of carbonyl (C=O) groups is 4. The zero-order chi connectivity index (χ0) is 37.0. The number of carbonyl (C=O) groups excluding carboxylic acids is 4. The predicted molar refractivity (Wildman–Crippen MR) is 197 cm³/mol. The zero-order valence-electron chi connectivity index (χ0n) is 31.2. The van der Waals surface area contributed by atoms with Crippen LogP contribution in [-0.2, 0) is 35.1 Å². The molecule has 0 aliphatic carbocycles. The van der Waals surface area contributed by atoms with E-state index in [0.717, 1.165) is 18.4 Å². The Hall–Kier alpha value is -3.96. The molecular weight excluding hydrogens is 634 g/mol. The van der Waals surface area contributed by atoms with Crippen molar-refractivity contribution < 1.29 is 28.7 Å². The third-order valence-electron chi connectivity index (χ3n) is 9.98. The first-order valence-electron chi connectivity index (χ1n) is 17.9. The van der Waals surface area contributed by atoms with E-state index >= 15 is 0 Å². The average molecular weight is 694 g/mol. The van der Waals surface area contributed by atoms with E-state index in [1.54, 1.807) is 57.4 Å². The molecule has 1 heterocycles. The van der Waals surface area contributed by atoms with E-state index in [1.807, 2.05) is 49.1 Å². The Kier molecular flexibility index (Phi) is 15.7. The van der Waals surface area contributed by atoms with Gasteiger partial charge in [-0.3, -0.25) is 19.2 Å². The van der Waals surface area contributed by atoms with Crippen LogP contribution in [0.5, 0.6) is 0 Å². The minimum atomic E-state index is -0.862. The molecular formula is C39H59N5O6. The molecule has 2 aromatic carbocycles. The summed E-state index contributed by atoms with van der Waals surface area (Å²) in [5, 5.41) is 5.87.